The summed E-state index contributed by atoms with van der Waals surface area (Å²) in [6, 6.07) is 5.81. The second-order valence-electron chi connectivity index (χ2n) is 6.43. The number of ether oxygens (including phenoxy) is 1. The molecule has 1 N–H and O–H groups in total. The highest BCUT2D eigenvalue weighted by molar-refractivity contribution is 8.01. The zero-order valence-corrected chi connectivity index (χ0v) is 14.7. The van der Waals surface area contributed by atoms with Gasteiger partial charge in [0.2, 0.25) is 0 Å². The first-order valence-corrected chi connectivity index (χ1v) is 8.57. The van der Waals surface area contributed by atoms with Crippen molar-refractivity contribution in [3.8, 4) is 11.8 Å². The fourth-order valence-corrected chi connectivity index (χ4v) is 4.11. The smallest absolute Gasteiger partial charge is 0.406 e. The van der Waals surface area contributed by atoms with Crippen molar-refractivity contribution in [1.29, 1.82) is 5.26 Å². The van der Waals surface area contributed by atoms with Crippen LogP contribution in [0.4, 0.5) is 18.9 Å². The Morgan fingerprint density at radius 3 is 2.88 bits per heavy atom. The second-order valence-corrected chi connectivity index (χ2v) is 7.58. The summed E-state index contributed by atoms with van der Waals surface area (Å²) in [6.07, 6.45) is -4.31. The molecule has 6 nitrogen and oxygen atoms in total. The lowest BCUT2D eigenvalue weighted by atomic mass is 9.89. The van der Waals surface area contributed by atoms with Gasteiger partial charge in [0.05, 0.1) is 17.3 Å². The van der Waals surface area contributed by atoms with Crippen molar-refractivity contribution >= 4 is 29.1 Å². The second kappa shape index (κ2) is 6.48. The number of thioether (sulfide) groups is 1. The molecule has 0 saturated carbocycles. The van der Waals surface area contributed by atoms with Crippen LogP contribution >= 0.6 is 11.8 Å². The lowest BCUT2D eigenvalue weighted by Crippen LogP contribution is -2.64. The molecule has 1 amide bonds. The van der Waals surface area contributed by atoms with E-state index in [1.165, 1.54) is 23.2 Å². The number of fused-ring (bicyclic) bond motifs is 2. The monoisotopic (exact) mass is 384 g/mol. The number of amides is 1. The van der Waals surface area contributed by atoms with Crippen LogP contribution in [0.1, 0.15) is 20.3 Å². The van der Waals surface area contributed by atoms with Crippen LogP contribution in [-0.2, 0) is 4.79 Å². The molecule has 1 fully saturated rings. The first-order chi connectivity index (χ1) is 12.1. The highest BCUT2D eigenvalue weighted by Gasteiger charge is 2.46. The maximum absolute atomic E-state index is 12.8. The summed E-state index contributed by atoms with van der Waals surface area (Å²) in [4.78, 5) is 17.8. The van der Waals surface area contributed by atoms with Gasteiger partial charge in [-0.1, -0.05) is 0 Å². The summed E-state index contributed by atoms with van der Waals surface area (Å²) in [5.41, 5.74) is 3.38. The quantitative estimate of drug-likeness (QED) is 0.810. The normalized spacial score (nSPS) is 21.4. The molecule has 1 aromatic carbocycles. The Morgan fingerprint density at radius 1 is 1.50 bits per heavy atom. The van der Waals surface area contributed by atoms with Gasteiger partial charge in [-0.15, -0.1) is 24.9 Å². The molecule has 3 rings (SSSR count). The van der Waals surface area contributed by atoms with Crippen molar-refractivity contribution in [2.24, 2.45) is 4.99 Å². The maximum Gasteiger partial charge on any atom is 0.573 e. The molecule has 26 heavy (non-hydrogen) atoms. The van der Waals surface area contributed by atoms with Gasteiger partial charge in [0.25, 0.3) is 5.91 Å². The van der Waals surface area contributed by atoms with Gasteiger partial charge in [-0.05, 0) is 32.0 Å². The van der Waals surface area contributed by atoms with E-state index in [0.717, 1.165) is 11.8 Å². The molecule has 2 heterocycles. The van der Waals surface area contributed by atoms with Crippen molar-refractivity contribution in [2.45, 2.75) is 42.3 Å². The van der Waals surface area contributed by atoms with E-state index in [2.05, 4.69) is 15.2 Å². The number of nitrogens with zero attached hydrogens (tertiary/aromatic N) is 3. The first-order valence-electron chi connectivity index (χ1n) is 7.69. The van der Waals surface area contributed by atoms with Crippen LogP contribution in [0.2, 0.25) is 0 Å². The van der Waals surface area contributed by atoms with E-state index < -0.39 is 17.2 Å². The van der Waals surface area contributed by atoms with Crippen LogP contribution in [0.5, 0.6) is 5.75 Å². The average molecular weight is 384 g/mol. The fourth-order valence-electron chi connectivity index (χ4n) is 2.96. The van der Waals surface area contributed by atoms with Crippen LogP contribution in [0, 0.1) is 11.3 Å². The summed E-state index contributed by atoms with van der Waals surface area (Å²) in [6.45, 7) is 3.68. The summed E-state index contributed by atoms with van der Waals surface area (Å²) >= 11 is 1.13. The highest BCUT2D eigenvalue weighted by Crippen LogP contribution is 2.44. The topological polar surface area (TPSA) is 77.7 Å². The van der Waals surface area contributed by atoms with Gasteiger partial charge in [-0.2, -0.15) is 5.26 Å². The minimum atomic E-state index is -4.79. The Kier molecular flexibility index (Phi) is 4.62. The molecule has 0 aliphatic carbocycles. The number of alkyl halides is 3. The molecule has 2 aliphatic rings. The Hall–Kier alpha value is -2.25. The highest BCUT2D eigenvalue weighted by atomic mass is 32.2. The Balaban J connectivity index is 1.91. The molecule has 2 aliphatic heterocycles. The predicted molar refractivity (Wildman–Crippen MR) is 89.0 cm³/mol. The SMILES string of the molecule is CC1(C)CC2=Nc3ccc(OC(F)(F)F)cc3SC2C(=O)N1NCC#N. The number of hydrazine groups is 1. The zero-order chi connectivity index (χ0) is 19.1. The number of nitriles is 1. The lowest BCUT2D eigenvalue weighted by molar-refractivity contribution is -0.274. The molecule has 0 bridgehead atoms. The number of hydrogen-bond acceptors (Lipinski definition) is 6. The third-order valence-corrected chi connectivity index (χ3v) is 5.25. The predicted octanol–water partition coefficient (Wildman–Crippen LogP) is 3.17. The number of halogens is 3. The Bertz CT molecular complexity index is 817. The third-order valence-electron chi connectivity index (χ3n) is 3.96. The van der Waals surface area contributed by atoms with E-state index in [1.54, 1.807) is 0 Å². The fraction of sp³-hybridized carbons (Fsp3) is 0.438. The largest absolute Gasteiger partial charge is 0.573 e. The number of carbonyl (C=O) groups is 1. The molecule has 0 aromatic heterocycles. The molecule has 0 spiro atoms. The lowest BCUT2D eigenvalue weighted by Gasteiger charge is -2.45. The minimum absolute atomic E-state index is 0.0286. The summed E-state index contributed by atoms with van der Waals surface area (Å²) < 4.78 is 41.2. The number of nitrogens with one attached hydrogen (secondary N) is 1. The van der Waals surface area contributed by atoms with Crippen LogP contribution in [0.25, 0.3) is 0 Å². The van der Waals surface area contributed by atoms with Crippen LogP contribution in [0.15, 0.2) is 28.1 Å². The van der Waals surface area contributed by atoms with Crippen molar-refractivity contribution < 1.29 is 22.7 Å². The first kappa shape index (κ1) is 18.5. The molecular weight excluding hydrogens is 369 g/mol. The third kappa shape index (κ3) is 3.64. The minimum Gasteiger partial charge on any atom is -0.406 e. The number of benzene rings is 1. The molecule has 1 saturated heterocycles. The van der Waals surface area contributed by atoms with Gasteiger partial charge >= 0.3 is 6.36 Å². The van der Waals surface area contributed by atoms with Gasteiger partial charge in [-0.3, -0.25) is 14.8 Å². The number of carbonyl (C=O) groups excluding carboxylic acids is 1. The standard InChI is InChI=1S/C16H15F3N4O2S/c1-15(2)8-11-13(14(24)23(15)21-6-5-20)26-12-7-9(25-16(17,18)19)3-4-10(12)22-11/h3-4,7,13,21H,6,8H2,1-2H3. The van der Waals surface area contributed by atoms with Crippen LogP contribution < -0.4 is 10.2 Å². The molecule has 1 unspecified atom stereocenters. The maximum atomic E-state index is 12.8. The average Bonchev–Trinajstić information content (AvgIpc) is 2.51. The van der Waals surface area contributed by atoms with E-state index in [4.69, 9.17) is 5.26 Å². The van der Waals surface area contributed by atoms with Gasteiger partial charge < -0.3 is 4.74 Å². The van der Waals surface area contributed by atoms with E-state index in [0.29, 0.717) is 22.7 Å². The summed E-state index contributed by atoms with van der Waals surface area (Å²) in [5.74, 6) is -0.640. The van der Waals surface area contributed by atoms with Gasteiger partial charge in [0.15, 0.2) is 0 Å². The van der Waals surface area contributed by atoms with Crippen LogP contribution in [0.3, 0.4) is 0 Å². The molecule has 1 atom stereocenters. The molecule has 138 valence electrons. The number of hydrogen-bond donors (Lipinski definition) is 1. The summed E-state index contributed by atoms with van der Waals surface area (Å²) in [5, 5.41) is 9.51. The Morgan fingerprint density at radius 2 is 2.23 bits per heavy atom. The Labute approximate surface area is 152 Å². The van der Waals surface area contributed by atoms with Crippen LogP contribution in [-0.4, -0.2) is 40.3 Å². The zero-order valence-electron chi connectivity index (χ0n) is 13.9. The van der Waals surface area contributed by atoms with Gasteiger partial charge in [0.1, 0.15) is 17.5 Å². The molecular formula is C16H15F3N4O2S. The molecule has 0 radical (unpaired) electrons. The molecule has 10 heteroatoms. The van der Waals surface area contributed by atoms with E-state index >= 15 is 0 Å². The van der Waals surface area contributed by atoms with Crippen molar-refractivity contribution in [3.05, 3.63) is 18.2 Å². The van der Waals surface area contributed by atoms with Crippen molar-refractivity contribution in [1.82, 2.24) is 10.4 Å². The number of aliphatic imine (C=N–C) groups is 1. The number of rotatable bonds is 3. The number of piperidine rings is 1. The van der Waals surface area contributed by atoms with Crippen molar-refractivity contribution in [2.75, 3.05) is 6.54 Å². The van der Waals surface area contributed by atoms with E-state index in [9.17, 15) is 18.0 Å². The van der Waals surface area contributed by atoms with Gasteiger partial charge in [-0.25, -0.2) is 5.43 Å². The van der Waals surface area contributed by atoms with Gasteiger partial charge in [0, 0.05) is 17.0 Å². The summed E-state index contributed by atoms with van der Waals surface area (Å²) in [7, 11) is 0. The van der Waals surface area contributed by atoms with Crippen molar-refractivity contribution in [3.63, 3.8) is 0 Å². The van der Waals surface area contributed by atoms with E-state index in [-0.39, 0.29) is 18.2 Å². The molecule has 1 aromatic rings. The van der Waals surface area contributed by atoms with E-state index in [1.807, 2.05) is 19.9 Å².